The average molecular weight is 394 g/mol. The van der Waals surface area contributed by atoms with Crippen molar-refractivity contribution in [2.24, 2.45) is 0 Å². The second-order valence-electron chi connectivity index (χ2n) is 5.62. The molecule has 0 unspecified atom stereocenters. The number of rotatable bonds is 10. The first-order valence-electron chi connectivity index (χ1n) is 7.92. The Labute approximate surface area is 147 Å². The Bertz CT molecular complexity index is 347. The van der Waals surface area contributed by atoms with E-state index >= 15 is 0 Å². The second-order valence-corrected chi connectivity index (χ2v) is 7.43. The molecular weight excluding hydrogens is 361 g/mol. The van der Waals surface area contributed by atoms with Crippen LogP contribution in [0, 0.1) is 0 Å². The van der Waals surface area contributed by atoms with E-state index < -0.39 is 0 Å². The molecule has 7 heteroatoms. The average Bonchev–Trinajstić information content (AvgIpc) is 2.49. The molecule has 0 aliphatic heterocycles. The summed E-state index contributed by atoms with van der Waals surface area (Å²) in [6.45, 7) is 3.67. The summed E-state index contributed by atoms with van der Waals surface area (Å²) in [5.41, 5.74) is 0. The zero-order valence-electron chi connectivity index (χ0n) is 15.5. The molecule has 0 atom stereocenters. The fourth-order valence-electron chi connectivity index (χ4n) is 1.47. The first-order valence-corrected chi connectivity index (χ1v) is 10.5. The molecule has 0 radical (unpaired) electrons. The van der Waals surface area contributed by atoms with Crippen LogP contribution in [-0.2, 0) is 14.4 Å². The van der Waals surface area contributed by atoms with Crippen LogP contribution in [0.3, 0.4) is 0 Å². The number of amides is 2. The fourth-order valence-corrected chi connectivity index (χ4v) is 2.11. The van der Waals surface area contributed by atoms with Crippen LogP contribution in [0.2, 0.25) is 5.82 Å². The van der Waals surface area contributed by atoms with Crippen LogP contribution >= 0.6 is 0 Å². The van der Waals surface area contributed by atoms with Crippen LogP contribution in [0.5, 0.6) is 0 Å². The summed E-state index contributed by atoms with van der Waals surface area (Å²) in [5, 5.41) is 2.81. The van der Waals surface area contributed by atoms with Crippen LogP contribution in [0.15, 0.2) is 0 Å². The normalized spacial score (nSPS) is 9.87. The Morgan fingerprint density at radius 3 is 2.00 bits per heavy atom. The first kappa shape index (κ1) is 24.3. The first-order chi connectivity index (χ1) is 10.7. The topological polar surface area (TPSA) is 69.7 Å². The van der Waals surface area contributed by atoms with E-state index in [2.05, 4.69) is 10.2 Å². The molecule has 0 aromatic carbocycles. The van der Waals surface area contributed by atoms with E-state index in [1.807, 2.05) is 26.8 Å². The van der Waals surface area contributed by atoms with Crippen LogP contribution < -0.4 is 5.32 Å². The molecule has 1 N–H and O–H groups in total. The standard InChI is InChI=1S/C10H20N2O2Se.C6H13NO/c1-12(2)8-4-7-11-9(13)5-6-10(14)15-3;1-4-5-6(8)7(2)3/h4-8H2,1-3H3,(H,11,13);4-5H2,1-3H3. The van der Waals surface area contributed by atoms with Gasteiger partial charge in [-0.1, -0.05) is 6.92 Å². The second kappa shape index (κ2) is 16.0. The predicted octanol–water partition coefficient (Wildman–Crippen LogP) is 0.988. The molecule has 23 heavy (non-hydrogen) atoms. The molecule has 0 aliphatic rings. The van der Waals surface area contributed by atoms with Crippen molar-refractivity contribution < 1.29 is 14.4 Å². The third-order valence-electron chi connectivity index (χ3n) is 2.85. The maximum atomic E-state index is 11.2. The van der Waals surface area contributed by atoms with E-state index in [1.54, 1.807) is 19.0 Å². The van der Waals surface area contributed by atoms with E-state index in [0.29, 0.717) is 25.8 Å². The Balaban J connectivity index is 0. The van der Waals surface area contributed by atoms with E-state index in [0.717, 1.165) is 19.4 Å². The van der Waals surface area contributed by atoms with Gasteiger partial charge >= 0.3 is 97.6 Å². The third kappa shape index (κ3) is 19.0. The van der Waals surface area contributed by atoms with Crippen molar-refractivity contribution in [1.82, 2.24) is 15.1 Å². The number of nitrogens with zero attached hydrogens (tertiary/aromatic N) is 2. The van der Waals surface area contributed by atoms with Gasteiger partial charge in [0.05, 0.1) is 0 Å². The quantitative estimate of drug-likeness (QED) is 0.443. The van der Waals surface area contributed by atoms with Gasteiger partial charge in [0.25, 0.3) is 0 Å². The summed E-state index contributed by atoms with van der Waals surface area (Å²) in [7, 11) is 7.56. The summed E-state index contributed by atoms with van der Waals surface area (Å²) in [4.78, 5) is 36.6. The zero-order valence-corrected chi connectivity index (χ0v) is 17.2. The molecule has 0 saturated heterocycles. The summed E-state index contributed by atoms with van der Waals surface area (Å²) >= 11 is 0.0329. The Morgan fingerprint density at radius 2 is 1.61 bits per heavy atom. The SMILES string of the molecule is CCCC(=O)N(C)C.C[Se]C(=O)CCC(=O)NCCCN(C)C. The molecule has 2 amide bonds. The van der Waals surface area contributed by atoms with Crippen LogP contribution in [0.4, 0.5) is 0 Å². The van der Waals surface area contributed by atoms with Crippen LogP contribution in [0.25, 0.3) is 0 Å². The number of hydrogen-bond acceptors (Lipinski definition) is 4. The van der Waals surface area contributed by atoms with Crippen molar-refractivity contribution >= 4 is 31.5 Å². The van der Waals surface area contributed by atoms with Crippen molar-refractivity contribution in [2.75, 3.05) is 41.3 Å². The van der Waals surface area contributed by atoms with Gasteiger partial charge in [-0.05, 0) is 6.42 Å². The van der Waals surface area contributed by atoms with Gasteiger partial charge in [0.1, 0.15) is 0 Å². The molecule has 6 nitrogen and oxygen atoms in total. The van der Waals surface area contributed by atoms with Gasteiger partial charge in [-0.25, -0.2) is 0 Å². The third-order valence-corrected chi connectivity index (χ3v) is 4.23. The Morgan fingerprint density at radius 1 is 1.00 bits per heavy atom. The molecule has 0 saturated carbocycles. The molecule has 0 spiro atoms. The number of carbonyl (C=O) groups excluding carboxylic acids is 3. The molecule has 0 heterocycles. The summed E-state index contributed by atoms with van der Waals surface area (Å²) in [6, 6.07) is 0. The van der Waals surface area contributed by atoms with Gasteiger partial charge in [0.2, 0.25) is 5.91 Å². The minimum absolute atomic E-state index is 0.00800. The van der Waals surface area contributed by atoms with Gasteiger partial charge in [-0.3, -0.25) is 4.79 Å². The van der Waals surface area contributed by atoms with E-state index in [9.17, 15) is 14.4 Å². The monoisotopic (exact) mass is 395 g/mol. The van der Waals surface area contributed by atoms with Crippen molar-refractivity contribution in [3.05, 3.63) is 0 Å². The Hall–Kier alpha value is -0.911. The predicted molar refractivity (Wildman–Crippen MR) is 95.6 cm³/mol. The van der Waals surface area contributed by atoms with Crippen LogP contribution in [0.1, 0.15) is 39.0 Å². The van der Waals surface area contributed by atoms with Crippen molar-refractivity contribution in [3.63, 3.8) is 0 Å². The van der Waals surface area contributed by atoms with Crippen LogP contribution in [-0.4, -0.2) is 82.5 Å². The summed E-state index contributed by atoms with van der Waals surface area (Å²) < 4.78 is 0.214. The van der Waals surface area contributed by atoms with Gasteiger partial charge in [-0.15, -0.1) is 0 Å². The van der Waals surface area contributed by atoms with Crippen molar-refractivity contribution in [2.45, 2.75) is 44.9 Å². The molecule has 0 fully saturated rings. The molecule has 0 rings (SSSR count). The van der Waals surface area contributed by atoms with E-state index in [4.69, 9.17) is 0 Å². The zero-order chi connectivity index (χ0) is 18.3. The van der Waals surface area contributed by atoms with Gasteiger partial charge in [-0.2, -0.15) is 0 Å². The van der Waals surface area contributed by atoms with Crippen molar-refractivity contribution in [3.8, 4) is 0 Å². The van der Waals surface area contributed by atoms with Gasteiger partial charge in [0, 0.05) is 20.5 Å². The number of hydrogen-bond donors (Lipinski definition) is 1. The van der Waals surface area contributed by atoms with E-state index in [-0.39, 0.29) is 31.5 Å². The minimum atomic E-state index is -0.00800. The Kier molecular flexibility index (Phi) is 16.9. The summed E-state index contributed by atoms with van der Waals surface area (Å²) in [6.07, 6.45) is 3.31. The molecule has 136 valence electrons. The van der Waals surface area contributed by atoms with Crippen molar-refractivity contribution in [1.29, 1.82) is 0 Å². The molecule has 0 aliphatic carbocycles. The molecule has 0 aromatic heterocycles. The maximum absolute atomic E-state index is 11.2. The van der Waals surface area contributed by atoms with Gasteiger partial charge < -0.3 is 4.90 Å². The molecule has 0 aromatic rings. The molecule has 0 bridgehead atoms. The number of carbonyl (C=O) groups is 3. The molecular formula is C16H33N3O3Se. The summed E-state index contributed by atoms with van der Waals surface area (Å²) in [5.74, 6) is 2.09. The van der Waals surface area contributed by atoms with E-state index in [1.165, 1.54) is 0 Å². The fraction of sp³-hybridized carbons (Fsp3) is 0.812. The van der Waals surface area contributed by atoms with Gasteiger partial charge in [0.15, 0.2) is 0 Å². The number of nitrogens with one attached hydrogen (secondary N) is 1.